The Morgan fingerprint density at radius 1 is 1.04 bits per heavy atom. The van der Waals surface area contributed by atoms with Gasteiger partial charge in [0.1, 0.15) is 0 Å². The van der Waals surface area contributed by atoms with Gasteiger partial charge in [-0.3, -0.25) is 0 Å². The SMILES string of the molecule is C[C@]12C=C[C@@]3(CC[C@@H]4[C@@](C)(COC(=O)C(=O)O)CCC[C@@]4(C)[C@@H]3CC1)C2. The van der Waals surface area contributed by atoms with Gasteiger partial charge in [-0.05, 0) is 73.0 Å². The number of fused-ring (bicyclic) bond motifs is 3. The average molecular weight is 360 g/mol. The molecule has 4 rings (SSSR count). The standard InChI is InChI=1S/C22H32O4/c1-19-9-5-16-21(3)8-4-7-20(2,14-26-18(25)17(23)24)15(21)6-10-22(16,13-19)12-11-19/h11-12,15-16H,4-10,13-14H2,1-3H3,(H,23,24)/t15-,16+,19-,20-,21-,22+/m1/s1. The molecule has 2 bridgehead atoms. The summed E-state index contributed by atoms with van der Waals surface area (Å²) < 4.78 is 5.20. The Hall–Kier alpha value is -1.32. The minimum absolute atomic E-state index is 0.108. The Morgan fingerprint density at radius 2 is 1.77 bits per heavy atom. The molecule has 0 unspecified atom stereocenters. The zero-order valence-electron chi connectivity index (χ0n) is 16.3. The van der Waals surface area contributed by atoms with Gasteiger partial charge in [0.25, 0.3) is 0 Å². The van der Waals surface area contributed by atoms with Gasteiger partial charge in [0.05, 0.1) is 6.61 Å². The molecule has 0 heterocycles. The molecule has 0 saturated heterocycles. The number of carbonyl (C=O) groups is 2. The van der Waals surface area contributed by atoms with Crippen molar-refractivity contribution < 1.29 is 19.4 Å². The van der Waals surface area contributed by atoms with Gasteiger partial charge in [-0.1, -0.05) is 39.3 Å². The molecule has 1 N–H and O–H groups in total. The minimum Gasteiger partial charge on any atom is -0.473 e. The number of ether oxygens (including phenoxy) is 1. The Kier molecular flexibility index (Phi) is 3.88. The van der Waals surface area contributed by atoms with Crippen LogP contribution in [0.1, 0.15) is 72.1 Å². The number of carboxylic acid groups (broad SMARTS) is 1. The van der Waals surface area contributed by atoms with Crippen LogP contribution in [-0.2, 0) is 14.3 Å². The lowest BCUT2D eigenvalue weighted by molar-refractivity contribution is -0.178. The number of aliphatic carboxylic acids is 1. The van der Waals surface area contributed by atoms with E-state index < -0.39 is 11.9 Å². The fourth-order valence-electron chi connectivity index (χ4n) is 7.73. The van der Waals surface area contributed by atoms with Crippen molar-refractivity contribution in [1.29, 1.82) is 0 Å². The average Bonchev–Trinajstić information content (AvgIpc) is 2.82. The third kappa shape index (κ3) is 2.47. The van der Waals surface area contributed by atoms with Gasteiger partial charge in [0.2, 0.25) is 0 Å². The summed E-state index contributed by atoms with van der Waals surface area (Å²) in [6.45, 7) is 7.36. The summed E-state index contributed by atoms with van der Waals surface area (Å²) in [5.41, 5.74) is 0.919. The molecule has 1 spiro atoms. The van der Waals surface area contributed by atoms with Crippen molar-refractivity contribution in [2.24, 2.45) is 33.5 Å². The molecular formula is C22H32O4. The van der Waals surface area contributed by atoms with Crippen molar-refractivity contribution >= 4 is 11.9 Å². The molecule has 4 aliphatic rings. The Balaban J connectivity index is 1.60. The first-order valence-electron chi connectivity index (χ1n) is 10.2. The Labute approximate surface area is 156 Å². The molecule has 0 amide bonds. The van der Waals surface area contributed by atoms with Crippen molar-refractivity contribution in [2.75, 3.05) is 6.61 Å². The summed E-state index contributed by atoms with van der Waals surface area (Å²) in [6, 6.07) is 0. The molecule has 0 aromatic heterocycles. The molecule has 3 fully saturated rings. The van der Waals surface area contributed by atoms with Gasteiger partial charge in [0.15, 0.2) is 0 Å². The first kappa shape index (κ1) is 18.1. The summed E-state index contributed by atoms with van der Waals surface area (Å²) in [6.07, 6.45) is 14.7. The Morgan fingerprint density at radius 3 is 2.50 bits per heavy atom. The molecule has 144 valence electrons. The molecule has 0 aromatic carbocycles. The van der Waals surface area contributed by atoms with E-state index in [1.165, 1.54) is 32.1 Å². The van der Waals surface area contributed by atoms with Crippen LogP contribution in [0.4, 0.5) is 0 Å². The highest BCUT2D eigenvalue weighted by Gasteiger charge is 2.63. The molecule has 4 nitrogen and oxygen atoms in total. The molecule has 0 radical (unpaired) electrons. The summed E-state index contributed by atoms with van der Waals surface area (Å²) in [7, 11) is 0. The van der Waals surface area contributed by atoms with E-state index in [1.54, 1.807) is 0 Å². The van der Waals surface area contributed by atoms with Gasteiger partial charge in [-0.25, -0.2) is 9.59 Å². The van der Waals surface area contributed by atoms with E-state index in [4.69, 9.17) is 9.84 Å². The third-order valence-corrected chi connectivity index (χ3v) is 8.75. The molecule has 4 heteroatoms. The van der Waals surface area contributed by atoms with E-state index in [1.807, 2.05) is 0 Å². The monoisotopic (exact) mass is 360 g/mol. The smallest absolute Gasteiger partial charge is 0.417 e. The van der Waals surface area contributed by atoms with Crippen LogP contribution in [-0.4, -0.2) is 23.7 Å². The number of carboxylic acids is 1. The van der Waals surface area contributed by atoms with Crippen LogP contribution in [0.25, 0.3) is 0 Å². The molecule has 0 aromatic rings. The summed E-state index contributed by atoms with van der Waals surface area (Å²) in [4.78, 5) is 22.3. The predicted octanol–water partition coefficient (Wildman–Crippen LogP) is 4.58. The second kappa shape index (κ2) is 5.59. The lowest BCUT2D eigenvalue weighted by Gasteiger charge is -2.64. The highest BCUT2D eigenvalue weighted by Crippen LogP contribution is 2.71. The molecule has 4 aliphatic carbocycles. The molecule has 3 saturated carbocycles. The first-order chi connectivity index (χ1) is 12.1. The van der Waals surface area contributed by atoms with Crippen molar-refractivity contribution in [3.05, 3.63) is 12.2 Å². The van der Waals surface area contributed by atoms with Crippen LogP contribution in [0.3, 0.4) is 0 Å². The van der Waals surface area contributed by atoms with E-state index in [0.717, 1.165) is 19.3 Å². The fraction of sp³-hybridized carbons (Fsp3) is 0.818. The summed E-state index contributed by atoms with van der Waals surface area (Å²) >= 11 is 0. The van der Waals surface area contributed by atoms with Crippen LogP contribution < -0.4 is 0 Å². The van der Waals surface area contributed by atoms with Crippen LogP contribution in [0, 0.1) is 33.5 Å². The lowest BCUT2D eigenvalue weighted by Crippen LogP contribution is -2.58. The fourth-order valence-corrected chi connectivity index (χ4v) is 7.73. The quantitative estimate of drug-likeness (QED) is 0.445. The number of esters is 1. The zero-order valence-corrected chi connectivity index (χ0v) is 16.3. The van der Waals surface area contributed by atoms with E-state index in [0.29, 0.717) is 22.7 Å². The van der Waals surface area contributed by atoms with E-state index >= 15 is 0 Å². The first-order valence-corrected chi connectivity index (χ1v) is 10.2. The number of hydrogen-bond acceptors (Lipinski definition) is 3. The van der Waals surface area contributed by atoms with Crippen LogP contribution in [0.5, 0.6) is 0 Å². The van der Waals surface area contributed by atoms with E-state index in [9.17, 15) is 9.59 Å². The van der Waals surface area contributed by atoms with Crippen LogP contribution >= 0.6 is 0 Å². The molecule has 6 atom stereocenters. The predicted molar refractivity (Wildman–Crippen MR) is 98.4 cm³/mol. The van der Waals surface area contributed by atoms with Crippen molar-refractivity contribution in [2.45, 2.75) is 72.1 Å². The normalized spacial score (nSPS) is 49.2. The van der Waals surface area contributed by atoms with Crippen molar-refractivity contribution in [3.63, 3.8) is 0 Å². The van der Waals surface area contributed by atoms with Crippen LogP contribution in [0.2, 0.25) is 0 Å². The molecule has 0 aliphatic heterocycles. The molecular weight excluding hydrogens is 328 g/mol. The van der Waals surface area contributed by atoms with Crippen LogP contribution in [0.15, 0.2) is 12.2 Å². The molecule has 26 heavy (non-hydrogen) atoms. The van der Waals surface area contributed by atoms with Gasteiger partial charge in [0, 0.05) is 5.41 Å². The van der Waals surface area contributed by atoms with E-state index in [-0.39, 0.29) is 17.4 Å². The number of hydrogen-bond donors (Lipinski definition) is 1. The van der Waals surface area contributed by atoms with Crippen molar-refractivity contribution in [3.8, 4) is 0 Å². The highest BCUT2D eigenvalue weighted by atomic mass is 16.6. The maximum Gasteiger partial charge on any atom is 0.417 e. The van der Waals surface area contributed by atoms with Crippen molar-refractivity contribution in [1.82, 2.24) is 0 Å². The van der Waals surface area contributed by atoms with E-state index in [2.05, 4.69) is 32.9 Å². The second-order valence-electron chi connectivity index (χ2n) is 10.5. The summed E-state index contributed by atoms with van der Waals surface area (Å²) in [5, 5.41) is 8.85. The minimum atomic E-state index is -1.49. The number of rotatable bonds is 2. The lowest BCUT2D eigenvalue weighted by atomic mass is 9.40. The van der Waals surface area contributed by atoms with Gasteiger partial charge < -0.3 is 9.84 Å². The van der Waals surface area contributed by atoms with Gasteiger partial charge >= 0.3 is 11.9 Å². The second-order valence-corrected chi connectivity index (χ2v) is 10.5. The number of carbonyl (C=O) groups excluding carboxylic acids is 1. The largest absolute Gasteiger partial charge is 0.473 e. The summed E-state index contributed by atoms with van der Waals surface area (Å²) in [5.74, 6) is -1.40. The van der Waals surface area contributed by atoms with Gasteiger partial charge in [-0.2, -0.15) is 0 Å². The highest BCUT2D eigenvalue weighted by molar-refractivity contribution is 6.28. The Bertz CT molecular complexity index is 669. The topological polar surface area (TPSA) is 63.6 Å². The van der Waals surface area contributed by atoms with Gasteiger partial charge in [-0.15, -0.1) is 0 Å². The maximum atomic E-state index is 11.5. The maximum absolute atomic E-state index is 11.5. The number of allylic oxidation sites excluding steroid dienone is 2. The third-order valence-electron chi connectivity index (χ3n) is 8.75. The zero-order chi connectivity index (χ0) is 18.8.